The molecule has 0 bridgehead atoms. The predicted molar refractivity (Wildman–Crippen MR) is 87.9 cm³/mol. The molecule has 1 fully saturated rings. The summed E-state index contributed by atoms with van der Waals surface area (Å²) in [5, 5.41) is 12.7. The molecule has 2 atom stereocenters. The summed E-state index contributed by atoms with van der Waals surface area (Å²) in [7, 11) is 0. The van der Waals surface area contributed by atoms with Crippen LogP contribution < -0.4 is 5.32 Å². The Morgan fingerprint density at radius 1 is 1.50 bits per heavy atom. The zero-order chi connectivity index (χ0) is 14.6. The summed E-state index contributed by atoms with van der Waals surface area (Å²) in [5.41, 5.74) is 0.522. The molecule has 1 aromatic carbocycles. The minimum atomic E-state index is -0.756. The monoisotopic (exact) mass is 388 g/mol. The second-order valence-corrected chi connectivity index (χ2v) is 6.70. The summed E-state index contributed by atoms with van der Waals surface area (Å²) < 4.78 is 0.233. The highest BCUT2D eigenvalue weighted by atomic mass is 127. The molecule has 0 spiro atoms. The van der Waals surface area contributed by atoms with Crippen molar-refractivity contribution in [3.05, 3.63) is 35.9 Å². The van der Waals surface area contributed by atoms with Crippen molar-refractivity contribution >= 4 is 28.6 Å². The van der Waals surface area contributed by atoms with Gasteiger partial charge in [-0.15, -0.1) is 0 Å². The SMILES string of the molecule is CCNC1(C(=O)O)CCN(Cc2ccccc2)C(I)C1. The van der Waals surface area contributed by atoms with Gasteiger partial charge in [-0.05, 0) is 18.5 Å². The van der Waals surface area contributed by atoms with Crippen molar-refractivity contribution in [3.8, 4) is 0 Å². The number of nitrogens with zero attached hydrogens (tertiary/aromatic N) is 1. The number of halogens is 1. The van der Waals surface area contributed by atoms with E-state index in [0.717, 1.165) is 13.1 Å². The van der Waals surface area contributed by atoms with Gasteiger partial charge in [0.15, 0.2) is 0 Å². The number of likely N-dealkylation sites (tertiary alicyclic amines) is 1. The van der Waals surface area contributed by atoms with Gasteiger partial charge in [-0.1, -0.05) is 59.8 Å². The number of aliphatic carboxylic acids is 1. The molecule has 5 heteroatoms. The van der Waals surface area contributed by atoms with Crippen molar-refractivity contribution < 1.29 is 9.90 Å². The standard InChI is InChI=1S/C15H21IN2O2/c1-2-17-15(14(19)20)8-9-18(13(16)10-15)11-12-6-4-3-5-7-12/h3-7,13,17H,2,8-11H2,1H3,(H,19,20). The molecule has 1 aromatic rings. The first-order valence-electron chi connectivity index (χ1n) is 6.98. The third-order valence-corrected chi connectivity index (χ3v) is 5.12. The summed E-state index contributed by atoms with van der Waals surface area (Å²) in [6.07, 6.45) is 1.30. The zero-order valence-corrected chi connectivity index (χ0v) is 13.8. The number of piperidine rings is 1. The summed E-state index contributed by atoms with van der Waals surface area (Å²) in [4.78, 5) is 13.9. The number of carbonyl (C=O) groups is 1. The average molecular weight is 388 g/mol. The largest absolute Gasteiger partial charge is 0.480 e. The van der Waals surface area contributed by atoms with Gasteiger partial charge in [0.2, 0.25) is 0 Å². The van der Waals surface area contributed by atoms with E-state index in [4.69, 9.17) is 0 Å². The molecular weight excluding hydrogens is 367 g/mol. The molecular formula is C15H21IN2O2. The second kappa shape index (κ2) is 6.87. The van der Waals surface area contributed by atoms with Crippen LogP contribution in [0.2, 0.25) is 0 Å². The Labute approximate surface area is 133 Å². The third kappa shape index (κ3) is 3.51. The van der Waals surface area contributed by atoms with Gasteiger partial charge in [0.1, 0.15) is 5.54 Å². The molecule has 0 aromatic heterocycles. The molecule has 4 nitrogen and oxygen atoms in total. The van der Waals surface area contributed by atoms with Crippen LogP contribution in [0.15, 0.2) is 30.3 Å². The molecule has 1 saturated heterocycles. The van der Waals surface area contributed by atoms with E-state index in [1.54, 1.807) is 0 Å². The molecule has 2 unspecified atom stereocenters. The number of rotatable bonds is 5. The van der Waals surface area contributed by atoms with E-state index < -0.39 is 11.5 Å². The van der Waals surface area contributed by atoms with E-state index in [9.17, 15) is 9.90 Å². The van der Waals surface area contributed by atoms with Crippen molar-refractivity contribution in [2.45, 2.75) is 35.9 Å². The molecule has 1 aliphatic rings. The van der Waals surface area contributed by atoms with Crippen LogP contribution in [0.3, 0.4) is 0 Å². The molecule has 0 radical (unpaired) electrons. The fraction of sp³-hybridized carbons (Fsp3) is 0.533. The number of nitrogens with one attached hydrogen (secondary N) is 1. The van der Waals surface area contributed by atoms with Crippen LogP contribution in [0.5, 0.6) is 0 Å². The molecule has 2 rings (SSSR count). The van der Waals surface area contributed by atoms with E-state index in [1.807, 2.05) is 25.1 Å². The predicted octanol–water partition coefficient (Wildman–Crippen LogP) is 2.48. The van der Waals surface area contributed by atoms with Crippen LogP contribution in [-0.2, 0) is 11.3 Å². The van der Waals surface area contributed by atoms with Gasteiger partial charge in [0, 0.05) is 19.5 Å². The average Bonchev–Trinajstić information content (AvgIpc) is 2.43. The Bertz CT molecular complexity index is 454. The maximum atomic E-state index is 11.6. The smallest absolute Gasteiger partial charge is 0.324 e. The van der Waals surface area contributed by atoms with Crippen molar-refractivity contribution in [3.63, 3.8) is 0 Å². The van der Waals surface area contributed by atoms with Gasteiger partial charge in [0.25, 0.3) is 0 Å². The zero-order valence-electron chi connectivity index (χ0n) is 11.7. The van der Waals surface area contributed by atoms with Gasteiger partial charge in [0.05, 0.1) is 4.05 Å². The van der Waals surface area contributed by atoms with Crippen molar-refractivity contribution in [2.75, 3.05) is 13.1 Å². The number of carboxylic acids is 1. The molecule has 2 N–H and O–H groups in total. The van der Waals surface area contributed by atoms with Crippen LogP contribution in [-0.4, -0.2) is 38.7 Å². The van der Waals surface area contributed by atoms with Gasteiger partial charge >= 0.3 is 5.97 Å². The van der Waals surface area contributed by atoms with Crippen LogP contribution >= 0.6 is 22.6 Å². The van der Waals surface area contributed by atoms with E-state index in [1.165, 1.54) is 5.56 Å². The fourth-order valence-corrected chi connectivity index (χ4v) is 3.99. The molecule has 1 heterocycles. The highest BCUT2D eigenvalue weighted by Gasteiger charge is 2.44. The van der Waals surface area contributed by atoms with Gasteiger partial charge in [-0.2, -0.15) is 0 Å². The molecule has 0 saturated carbocycles. The van der Waals surface area contributed by atoms with E-state index in [-0.39, 0.29) is 4.05 Å². The lowest BCUT2D eigenvalue weighted by Crippen LogP contribution is -2.60. The molecule has 0 aliphatic carbocycles. The normalized spacial score (nSPS) is 27.4. The number of alkyl halides is 1. The Morgan fingerprint density at radius 2 is 2.20 bits per heavy atom. The lowest BCUT2D eigenvalue weighted by molar-refractivity contribution is -0.147. The van der Waals surface area contributed by atoms with Crippen LogP contribution in [0, 0.1) is 0 Å². The first-order valence-corrected chi connectivity index (χ1v) is 8.22. The van der Waals surface area contributed by atoms with Crippen LogP contribution in [0.4, 0.5) is 0 Å². The lowest BCUT2D eigenvalue weighted by atomic mass is 9.87. The van der Waals surface area contributed by atoms with Crippen LogP contribution in [0.25, 0.3) is 0 Å². The first-order chi connectivity index (χ1) is 9.57. The summed E-state index contributed by atoms with van der Waals surface area (Å²) in [6, 6.07) is 10.3. The quantitative estimate of drug-likeness (QED) is 0.463. The Kier molecular flexibility index (Phi) is 5.40. The van der Waals surface area contributed by atoms with Crippen molar-refractivity contribution in [2.24, 2.45) is 0 Å². The fourth-order valence-electron chi connectivity index (χ4n) is 2.76. The minimum Gasteiger partial charge on any atom is -0.480 e. The summed E-state index contributed by atoms with van der Waals surface area (Å²) in [5.74, 6) is -0.722. The molecule has 110 valence electrons. The van der Waals surface area contributed by atoms with Gasteiger partial charge in [-0.3, -0.25) is 9.69 Å². The van der Waals surface area contributed by atoms with Crippen molar-refractivity contribution in [1.82, 2.24) is 10.2 Å². The van der Waals surface area contributed by atoms with Crippen molar-refractivity contribution in [1.29, 1.82) is 0 Å². The number of likely N-dealkylation sites (N-methyl/N-ethyl adjacent to an activating group) is 1. The van der Waals surface area contributed by atoms with Gasteiger partial charge in [-0.25, -0.2) is 0 Å². The third-order valence-electron chi connectivity index (χ3n) is 3.89. The lowest BCUT2D eigenvalue weighted by Gasteiger charge is -2.42. The second-order valence-electron chi connectivity index (χ2n) is 5.26. The van der Waals surface area contributed by atoms with E-state index in [2.05, 4.69) is 44.9 Å². The Hall–Kier alpha value is -0.660. The highest BCUT2D eigenvalue weighted by Crippen LogP contribution is 2.31. The maximum Gasteiger partial charge on any atom is 0.324 e. The first kappa shape index (κ1) is 15.7. The highest BCUT2D eigenvalue weighted by molar-refractivity contribution is 14.1. The number of carboxylic acid groups (broad SMARTS) is 1. The van der Waals surface area contributed by atoms with Crippen LogP contribution in [0.1, 0.15) is 25.3 Å². The van der Waals surface area contributed by atoms with E-state index >= 15 is 0 Å². The Balaban J connectivity index is 2.03. The Morgan fingerprint density at radius 3 is 2.75 bits per heavy atom. The topological polar surface area (TPSA) is 52.6 Å². The number of hydrogen-bond acceptors (Lipinski definition) is 3. The molecule has 0 amide bonds. The number of hydrogen-bond donors (Lipinski definition) is 2. The molecule has 20 heavy (non-hydrogen) atoms. The number of benzene rings is 1. The summed E-state index contributed by atoms with van der Waals surface area (Å²) in [6.45, 7) is 4.34. The van der Waals surface area contributed by atoms with Gasteiger partial charge < -0.3 is 10.4 Å². The maximum absolute atomic E-state index is 11.6. The molecule has 1 aliphatic heterocycles. The summed E-state index contributed by atoms with van der Waals surface area (Å²) >= 11 is 2.37. The van der Waals surface area contributed by atoms with E-state index in [0.29, 0.717) is 19.4 Å². The minimum absolute atomic E-state index is 0.233.